The molecule has 0 unspecified atom stereocenters. The summed E-state index contributed by atoms with van der Waals surface area (Å²) in [4.78, 5) is 22.3. The van der Waals surface area contributed by atoms with Gasteiger partial charge < -0.3 is 19.9 Å². The van der Waals surface area contributed by atoms with Gasteiger partial charge in [0.25, 0.3) is 0 Å². The number of aromatic nitrogens is 3. The molecule has 3 atom stereocenters. The number of anilines is 1. The van der Waals surface area contributed by atoms with Crippen molar-refractivity contribution in [1.82, 2.24) is 19.4 Å². The van der Waals surface area contributed by atoms with E-state index in [-0.39, 0.29) is 11.8 Å². The number of nitrogen functional groups attached to an aromatic ring is 1. The Morgan fingerprint density at radius 3 is 2.78 bits per heavy atom. The summed E-state index contributed by atoms with van der Waals surface area (Å²) in [5, 5.41) is 1.22. The lowest BCUT2D eigenvalue weighted by molar-refractivity contribution is -0.125. The molecule has 0 radical (unpaired) electrons. The van der Waals surface area contributed by atoms with Crippen LogP contribution in [0.15, 0.2) is 37.2 Å². The minimum absolute atomic E-state index is 0.0121. The van der Waals surface area contributed by atoms with Crippen LogP contribution in [-0.4, -0.2) is 45.5 Å². The quantitative estimate of drug-likeness (QED) is 0.492. The van der Waals surface area contributed by atoms with E-state index < -0.39 is 0 Å². The van der Waals surface area contributed by atoms with Gasteiger partial charge in [0, 0.05) is 37.2 Å². The van der Waals surface area contributed by atoms with Crippen LogP contribution in [0, 0.1) is 29.6 Å². The Morgan fingerprint density at radius 1 is 1.34 bits per heavy atom. The number of piperidine rings is 1. The number of likely N-dealkylation sites (tertiary alicyclic amines) is 1. The van der Waals surface area contributed by atoms with Gasteiger partial charge in [-0.2, -0.15) is 0 Å². The maximum atomic E-state index is 11.9. The van der Waals surface area contributed by atoms with E-state index in [1.165, 1.54) is 12.4 Å². The second kappa shape index (κ2) is 7.57. The highest BCUT2D eigenvalue weighted by atomic mass is 35.5. The van der Waals surface area contributed by atoms with Crippen molar-refractivity contribution in [2.24, 2.45) is 24.8 Å². The van der Waals surface area contributed by atoms with Crippen molar-refractivity contribution >= 4 is 34.4 Å². The Hall–Kier alpha value is -3.50. The summed E-state index contributed by atoms with van der Waals surface area (Å²) < 4.78 is 7.54. The number of rotatable bonds is 3. The lowest BCUT2D eigenvalue weighted by Crippen LogP contribution is -2.29. The van der Waals surface area contributed by atoms with Crippen LogP contribution in [0.3, 0.4) is 0 Å². The van der Waals surface area contributed by atoms with Crippen LogP contribution in [0.2, 0.25) is 5.02 Å². The molecule has 2 aromatic heterocycles. The van der Waals surface area contributed by atoms with Gasteiger partial charge in [-0.15, -0.1) is 0 Å². The van der Waals surface area contributed by atoms with Gasteiger partial charge >= 0.3 is 0 Å². The fourth-order valence-corrected chi connectivity index (χ4v) is 5.05. The molecule has 3 aromatic rings. The minimum Gasteiger partial charge on any atom is -0.495 e. The van der Waals surface area contributed by atoms with Gasteiger partial charge in [0.1, 0.15) is 29.2 Å². The molecule has 2 fully saturated rings. The Kier molecular flexibility index (Phi) is 4.83. The smallest absolute Gasteiger partial charge is 0.245 e. The van der Waals surface area contributed by atoms with Crippen molar-refractivity contribution in [2.45, 2.75) is 0 Å². The van der Waals surface area contributed by atoms with Crippen molar-refractivity contribution in [3.05, 3.63) is 47.9 Å². The van der Waals surface area contributed by atoms with Crippen molar-refractivity contribution < 1.29 is 9.53 Å². The van der Waals surface area contributed by atoms with Gasteiger partial charge in [-0.3, -0.25) is 4.79 Å². The van der Waals surface area contributed by atoms with Crippen LogP contribution in [-0.2, 0) is 11.8 Å². The topological polar surface area (TPSA) is 86.3 Å². The van der Waals surface area contributed by atoms with Gasteiger partial charge in [-0.25, -0.2) is 9.97 Å². The highest BCUT2D eigenvalue weighted by Gasteiger charge is 2.55. The van der Waals surface area contributed by atoms with Crippen LogP contribution in [0.5, 0.6) is 5.75 Å². The number of halogens is 1. The Labute approximate surface area is 190 Å². The molecule has 0 spiro atoms. The molecule has 0 bridgehead atoms. The molecular formula is C24H22ClN5O2. The molecule has 32 heavy (non-hydrogen) atoms. The average molecular weight is 448 g/mol. The second-order valence-corrected chi connectivity index (χ2v) is 8.54. The summed E-state index contributed by atoms with van der Waals surface area (Å²) >= 11 is 6.41. The Balaban J connectivity index is 1.60. The zero-order valence-electron chi connectivity index (χ0n) is 17.8. The van der Waals surface area contributed by atoms with Crippen molar-refractivity contribution in [3.63, 3.8) is 0 Å². The minimum atomic E-state index is -0.0121. The molecule has 1 aliphatic carbocycles. The van der Waals surface area contributed by atoms with E-state index in [1.807, 2.05) is 28.6 Å². The molecule has 1 aliphatic heterocycles. The van der Waals surface area contributed by atoms with Gasteiger partial charge in [0.15, 0.2) is 0 Å². The second-order valence-electron chi connectivity index (χ2n) is 8.13. The number of carbonyl (C=O) groups is 1. The molecule has 2 aliphatic rings. The van der Waals surface area contributed by atoms with Crippen molar-refractivity contribution in [2.75, 3.05) is 25.9 Å². The Bertz CT molecular complexity index is 1320. The van der Waals surface area contributed by atoms with E-state index in [0.29, 0.717) is 34.1 Å². The average Bonchev–Trinajstić information content (AvgIpc) is 3.11. The molecule has 162 valence electrons. The molecule has 1 aromatic carbocycles. The maximum Gasteiger partial charge on any atom is 0.245 e. The van der Waals surface area contributed by atoms with Crippen LogP contribution < -0.4 is 10.5 Å². The summed E-state index contributed by atoms with van der Waals surface area (Å²) in [6.07, 6.45) is 2.82. The number of ether oxygens (including phenoxy) is 1. The van der Waals surface area contributed by atoms with Crippen molar-refractivity contribution in [1.29, 1.82) is 0 Å². The summed E-state index contributed by atoms with van der Waals surface area (Å²) in [5.74, 6) is 8.82. The SMILES string of the molecule is C=CC(=O)N1C[C@@H]2[C@@H](C#Cc3c(-c4cccc(Cl)c4OC)c4c(N)ncnc4n3C)[C@@H]2C1. The van der Waals surface area contributed by atoms with Gasteiger partial charge in [0.2, 0.25) is 5.91 Å². The number of para-hydroxylation sites is 1. The standard InChI is InChI=1S/C24H22ClN5O2/c1-4-19(31)30-10-15-13(16(15)11-30)8-9-18-20(14-6-5-7-17(25)22(14)32-3)21-23(26)27-12-28-24(21)29(18)2/h4-7,12-13,15-16H,1,10-11H2,2-3H3,(H2,26,27,28)/t13-,15-,16+. The van der Waals surface area contributed by atoms with Crippen LogP contribution >= 0.6 is 11.6 Å². The largest absolute Gasteiger partial charge is 0.495 e. The highest BCUT2D eigenvalue weighted by Crippen LogP contribution is 2.51. The first kappa shape index (κ1) is 20.4. The third kappa shape index (κ3) is 3.02. The molecule has 7 nitrogen and oxygen atoms in total. The van der Waals surface area contributed by atoms with E-state index >= 15 is 0 Å². The number of fused-ring (bicyclic) bond motifs is 2. The van der Waals surface area contributed by atoms with Crippen molar-refractivity contribution in [3.8, 4) is 28.7 Å². The van der Waals surface area contributed by atoms with E-state index in [1.54, 1.807) is 13.2 Å². The van der Waals surface area contributed by atoms with E-state index in [4.69, 9.17) is 22.1 Å². The predicted molar refractivity (Wildman–Crippen MR) is 124 cm³/mol. The summed E-state index contributed by atoms with van der Waals surface area (Å²) in [5.41, 5.74) is 9.34. The van der Waals surface area contributed by atoms with Crippen LogP contribution in [0.4, 0.5) is 5.82 Å². The number of aryl methyl sites for hydroxylation is 1. The first-order valence-corrected chi connectivity index (χ1v) is 10.7. The third-order valence-corrected chi connectivity index (χ3v) is 6.77. The zero-order valence-corrected chi connectivity index (χ0v) is 18.6. The van der Waals surface area contributed by atoms with Gasteiger partial charge in [-0.1, -0.05) is 36.2 Å². The molecule has 3 heterocycles. The Morgan fingerprint density at radius 2 is 2.09 bits per heavy atom. The summed E-state index contributed by atoms with van der Waals surface area (Å²) in [7, 11) is 3.50. The molecule has 1 amide bonds. The number of methoxy groups -OCH3 is 1. The molecule has 1 saturated heterocycles. The predicted octanol–water partition coefficient (Wildman–Crippen LogP) is 3.12. The lowest BCUT2D eigenvalue weighted by atomic mass is 10.0. The number of hydrogen-bond donors (Lipinski definition) is 1. The summed E-state index contributed by atoms with van der Waals surface area (Å²) in [6, 6.07) is 5.58. The highest BCUT2D eigenvalue weighted by molar-refractivity contribution is 6.32. The fourth-order valence-electron chi connectivity index (χ4n) is 4.80. The molecule has 1 saturated carbocycles. The fraction of sp³-hybridized carbons (Fsp3) is 0.292. The molecular weight excluding hydrogens is 426 g/mol. The number of carbonyl (C=O) groups excluding carboxylic acids is 1. The lowest BCUT2D eigenvalue weighted by Gasteiger charge is -2.16. The van der Waals surface area contributed by atoms with E-state index in [0.717, 1.165) is 35.3 Å². The zero-order chi connectivity index (χ0) is 22.6. The van der Waals surface area contributed by atoms with E-state index in [2.05, 4.69) is 28.4 Å². The van der Waals surface area contributed by atoms with Crippen LogP contribution in [0.1, 0.15) is 5.69 Å². The maximum absolute atomic E-state index is 11.9. The number of nitrogens with zero attached hydrogens (tertiary/aromatic N) is 4. The monoisotopic (exact) mass is 447 g/mol. The van der Waals surface area contributed by atoms with E-state index in [9.17, 15) is 4.79 Å². The first-order valence-electron chi connectivity index (χ1n) is 10.3. The number of benzene rings is 1. The normalized spacial score (nSPS) is 21.1. The van der Waals surface area contributed by atoms with Gasteiger partial charge in [-0.05, 0) is 29.9 Å². The van der Waals surface area contributed by atoms with Gasteiger partial charge in [0.05, 0.1) is 17.5 Å². The molecule has 5 rings (SSSR count). The summed E-state index contributed by atoms with van der Waals surface area (Å²) in [6.45, 7) is 5.04. The van der Waals surface area contributed by atoms with Crippen LogP contribution in [0.25, 0.3) is 22.2 Å². The number of amides is 1. The third-order valence-electron chi connectivity index (χ3n) is 6.47. The first-order chi connectivity index (χ1) is 15.5. The molecule has 2 N–H and O–H groups in total. The number of nitrogens with two attached hydrogens (primary N) is 1. The number of hydrogen-bond acceptors (Lipinski definition) is 5. The molecule has 8 heteroatoms.